The molecule has 0 radical (unpaired) electrons. The summed E-state index contributed by atoms with van der Waals surface area (Å²) in [7, 11) is 0. The van der Waals surface area contributed by atoms with Crippen molar-refractivity contribution in [2.75, 3.05) is 0 Å². The van der Waals surface area contributed by atoms with E-state index in [2.05, 4.69) is 0 Å². The highest BCUT2D eigenvalue weighted by atomic mass is 16.3. The van der Waals surface area contributed by atoms with Crippen LogP contribution in [0, 0.1) is 13.8 Å². The van der Waals surface area contributed by atoms with Crippen molar-refractivity contribution in [3.8, 4) is 0 Å². The van der Waals surface area contributed by atoms with Crippen molar-refractivity contribution in [1.29, 1.82) is 0 Å². The molecule has 0 heterocycles. The average molecular weight is 278 g/mol. The quantitative estimate of drug-likeness (QED) is 0.912. The van der Waals surface area contributed by atoms with Crippen LogP contribution in [0.4, 0.5) is 0 Å². The summed E-state index contributed by atoms with van der Waals surface area (Å²) in [5.74, 6) is -0.0337. The molecule has 1 unspecified atom stereocenters. The molecule has 2 aromatic rings. The Kier molecular flexibility index (Phi) is 3.26. The van der Waals surface area contributed by atoms with Gasteiger partial charge in [-0.3, -0.25) is 4.79 Å². The third-order valence-electron chi connectivity index (χ3n) is 4.07. The van der Waals surface area contributed by atoms with Crippen LogP contribution in [0.15, 0.2) is 54.6 Å². The predicted molar refractivity (Wildman–Crippen MR) is 83.9 cm³/mol. The first-order valence-electron chi connectivity index (χ1n) is 7.10. The van der Waals surface area contributed by atoms with E-state index in [-0.39, 0.29) is 12.2 Å². The molecule has 1 N–H and O–H groups in total. The SMILES string of the molecule is Cc1ccc(C2=CC(=O)CC2(O)c2ccc(C)cc2)cc1. The molecule has 0 spiro atoms. The largest absolute Gasteiger partial charge is 0.380 e. The molecular formula is C19H18O2. The lowest BCUT2D eigenvalue weighted by molar-refractivity contribution is -0.116. The van der Waals surface area contributed by atoms with Crippen LogP contribution in [0.5, 0.6) is 0 Å². The van der Waals surface area contributed by atoms with Gasteiger partial charge in [-0.15, -0.1) is 0 Å². The fraction of sp³-hybridized carbons (Fsp3) is 0.211. The predicted octanol–water partition coefficient (Wildman–Crippen LogP) is 3.55. The monoisotopic (exact) mass is 278 g/mol. The number of aryl methyl sites for hydroxylation is 2. The minimum Gasteiger partial charge on any atom is -0.380 e. The third-order valence-corrected chi connectivity index (χ3v) is 4.07. The van der Waals surface area contributed by atoms with Crippen LogP contribution in [0.3, 0.4) is 0 Å². The van der Waals surface area contributed by atoms with Crippen molar-refractivity contribution in [3.63, 3.8) is 0 Å². The molecule has 2 aromatic carbocycles. The Morgan fingerprint density at radius 1 is 0.905 bits per heavy atom. The van der Waals surface area contributed by atoms with E-state index >= 15 is 0 Å². The number of aliphatic hydroxyl groups is 1. The van der Waals surface area contributed by atoms with Gasteiger partial charge >= 0.3 is 0 Å². The second-order valence-electron chi connectivity index (χ2n) is 5.79. The maximum atomic E-state index is 11.9. The number of ketones is 1. The molecule has 1 aliphatic carbocycles. The first-order chi connectivity index (χ1) is 9.99. The van der Waals surface area contributed by atoms with Crippen molar-refractivity contribution in [2.24, 2.45) is 0 Å². The molecule has 1 aliphatic rings. The Morgan fingerprint density at radius 3 is 2.00 bits per heavy atom. The van der Waals surface area contributed by atoms with E-state index in [0.29, 0.717) is 5.57 Å². The van der Waals surface area contributed by atoms with Gasteiger partial charge < -0.3 is 5.11 Å². The molecule has 0 aromatic heterocycles. The van der Waals surface area contributed by atoms with Gasteiger partial charge in [-0.25, -0.2) is 0 Å². The minimum absolute atomic E-state index is 0.0337. The maximum absolute atomic E-state index is 11.9. The number of allylic oxidation sites excluding steroid dienone is 1. The first-order valence-corrected chi connectivity index (χ1v) is 7.10. The van der Waals surface area contributed by atoms with Crippen LogP contribution in [-0.4, -0.2) is 10.9 Å². The third kappa shape index (κ3) is 2.43. The average Bonchev–Trinajstić information content (AvgIpc) is 2.76. The fourth-order valence-electron chi connectivity index (χ4n) is 2.82. The number of rotatable bonds is 2. The van der Waals surface area contributed by atoms with Crippen LogP contribution in [-0.2, 0) is 10.4 Å². The fourth-order valence-corrected chi connectivity index (χ4v) is 2.82. The molecule has 2 nitrogen and oxygen atoms in total. The second kappa shape index (κ2) is 4.97. The van der Waals surface area contributed by atoms with E-state index < -0.39 is 5.60 Å². The highest BCUT2D eigenvalue weighted by Crippen LogP contribution is 2.43. The van der Waals surface area contributed by atoms with Crippen molar-refractivity contribution in [3.05, 3.63) is 76.9 Å². The summed E-state index contributed by atoms with van der Waals surface area (Å²) >= 11 is 0. The molecule has 0 amide bonds. The number of carbonyl (C=O) groups excluding carboxylic acids is 1. The van der Waals surface area contributed by atoms with Gasteiger partial charge in [0.05, 0.1) is 0 Å². The molecule has 21 heavy (non-hydrogen) atoms. The zero-order valence-corrected chi connectivity index (χ0v) is 12.3. The molecule has 1 atom stereocenters. The summed E-state index contributed by atoms with van der Waals surface area (Å²) in [5.41, 5.74) is 3.42. The topological polar surface area (TPSA) is 37.3 Å². The van der Waals surface area contributed by atoms with Crippen LogP contribution < -0.4 is 0 Å². The lowest BCUT2D eigenvalue weighted by Crippen LogP contribution is -2.25. The van der Waals surface area contributed by atoms with E-state index in [0.717, 1.165) is 22.3 Å². The van der Waals surface area contributed by atoms with Crippen molar-refractivity contribution < 1.29 is 9.90 Å². The lowest BCUT2D eigenvalue weighted by atomic mass is 9.83. The Balaban J connectivity index is 2.09. The van der Waals surface area contributed by atoms with Gasteiger partial charge in [0, 0.05) is 6.42 Å². The van der Waals surface area contributed by atoms with E-state index in [1.807, 2.05) is 62.4 Å². The van der Waals surface area contributed by atoms with Gasteiger partial charge in [-0.2, -0.15) is 0 Å². The number of carbonyl (C=O) groups is 1. The Labute approximate surface area is 124 Å². The van der Waals surface area contributed by atoms with Crippen molar-refractivity contribution in [1.82, 2.24) is 0 Å². The minimum atomic E-state index is -1.22. The smallest absolute Gasteiger partial charge is 0.159 e. The normalized spacial score (nSPS) is 21.5. The second-order valence-corrected chi connectivity index (χ2v) is 5.79. The zero-order valence-electron chi connectivity index (χ0n) is 12.3. The molecule has 0 saturated heterocycles. The van der Waals surface area contributed by atoms with Crippen LogP contribution in [0.1, 0.15) is 28.7 Å². The Bertz CT molecular complexity index is 708. The van der Waals surface area contributed by atoms with Gasteiger partial charge in [0.25, 0.3) is 0 Å². The molecular weight excluding hydrogens is 260 g/mol. The van der Waals surface area contributed by atoms with Gasteiger partial charge in [0.1, 0.15) is 5.60 Å². The van der Waals surface area contributed by atoms with Crippen molar-refractivity contribution in [2.45, 2.75) is 25.9 Å². The molecule has 2 heteroatoms. The van der Waals surface area contributed by atoms with E-state index in [4.69, 9.17) is 0 Å². The highest BCUT2D eigenvalue weighted by molar-refractivity contribution is 6.05. The summed E-state index contributed by atoms with van der Waals surface area (Å²) in [6, 6.07) is 15.6. The summed E-state index contributed by atoms with van der Waals surface area (Å²) in [5, 5.41) is 11.1. The maximum Gasteiger partial charge on any atom is 0.159 e. The Morgan fingerprint density at radius 2 is 1.43 bits per heavy atom. The van der Waals surface area contributed by atoms with E-state index in [1.54, 1.807) is 6.08 Å². The molecule has 0 saturated carbocycles. The molecule has 0 bridgehead atoms. The van der Waals surface area contributed by atoms with E-state index in [9.17, 15) is 9.90 Å². The summed E-state index contributed by atoms with van der Waals surface area (Å²) in [6.07, 6.45) is 1.68. The van der Waals surface area contributed by atoms with Gasteiger partial charge in [-0.05, 0) is 36.6 Å². The van der Waals surface area contributed by atoms with Gasteiger partial charge in [-0.1, -0.05) is 59.7 Å². The molecule has 0 aliphatic heterocycles. The molecule has 0 fully saturated rings. The van der Waals surface area contributed by atoms with Crippen LogP contribution >= 0.6 is 0 Å². The van der Waals surface area contributed by atoms with E-state index in [1.165, 1.54) is 0 Å². The standard InChI is InChI=1S/C19H18O2/c1-13-3-7-15(8-4-13)18-11-17(20)12-19(18,21)16-9-5-14(2)6-10-16/h3-11,21H,12H2,1-2H3. The number of benzene rings is 2. The van der Waals surface area contributed by atoms with Crippen LogP contribution in [0.25, 0.3) is 5.57 Å². The number of hydrogen-bond donors (Lipinski definition) is 1. The Hall–Kier alpha value is -2.19. The molecule has 3 rings (SSSR count). The van der Waals surface area contributed by atoms with Crippen molar-refractivity contribution >= 4 is 11.4 Å². The summed E-state index contributed by atoms with van der Waals surface area (Å²) in [4.78, 5) is 11.9. The highest BCUT2D eigenvalue weighted by Gasteiger charge is 2.41. The first kappa shape index (κ1) is 13.8. The summed E-state index contributed by atoms with van der Waals surface area (Å²) < 4.78 is 0. The zero-order chi connectivity index (χ0) is 15.0. The van der Waals surface area contributed by atoms with Crippen LogP contribution in [0.2, 0.25) is 0 Å². The lowest BCUT2D eigenvalue weighted by Gasteiger charge is -2.27. The molecule has 106 valence electrons. The van der Waals surface area contributed by atoms with Gasteiger partial charge in [0.15, 0.2) is 5.78 Å². The van der Waals surface area contributed by atoms with Gasteiger partial charge in [0.2, 0.25) is 0 Å². The number of hydrogen-bond acceptors (Lipinski definition) is 2. The summed E-state index contributed by atoms with van der Waals surface area (Å²) in [6.45, 7) is 4.02.